The molecule has 0 amide bonds. The minimum absolute atomic E-state index is 0.0209. The molecule has 0 radical (unpaired) electrons. The molecule has 7 atom stereocenters. The zero-order valence-electron chi connectivity index (χ0n) is 16.2. The van der Waals surface area contributed by atoms with Crippen LogP contribution < -0.4 is 0 Å². The van der Waals surface area contributed by atoms with Gasteiger partial charge in [-0.25, -0.2) is 4.79 Å². The normalized spacial score (nSPS) is 34.1. The van der Waals surface area contributed by atoms with Gasteiger partial charge in [-0.2, -0.15) is 0 Å². The molecular weight excluding hydrogens is 400 g/mol. The first-order valence-corrected chi connectivity index (χ1v) is 9.42. The second kappa shape index (κ2) is 9.54. The van der Waals surface area contributed by atoms with Crippen LogP contribution in [0.15, 0.2) is 30.3 Å². The van der Waals surface area contributed by atoms with Crippen LogP contribution in [-0.2, 0) is 28.5 Å². The summed E-state index contributed by atoms with van der Waals surface area (Å²) in [5.41, 5.74) is 0.660. The molecule has 10 nitrogen and oxygen atoms in total. The maximum Gasteiger partial charge on any atom is 0.330 e. The highest BCUT2D eigenvalue weighted by Crippen LogP contribution is 2.27. The minimum Gasteiger partial charge on any atom is -0.508 e. The number of carbonyl (C=O) groups excluding carboxylic acids is 2. The van der Waals surface area contributed by atoms with Gasteiger partial charge in [-0.1, -0.05) is 12.1 Å². The zero-order chi connectivity index (χ0) is 21.8. The number of aliphatic hydroxyl groups is 3. The molecule has 2 saturated heterocycles. The number of benzene rings is 1. The Morgan fingerprint density at radius 3 is 2.50 bits per heavy atom. The Labute approximate surface area is 172 Å². The summed E-state index contributed by atoms with van der Waals surface area (Å²) < 4.78 is 21.0. The number of aromatic hydroxyl groups is 1. The van der Waals surface area contributed by atoms with Crippen molar-refractivity contribution in [3.63, 3.8) is 0 Å². The molecule has 0 saturated carbocycles. The van der Waals surface area contributed by atoms with Crippen molar-refractivity contribution in [3.05, 3.63) is 35.9 Å². The molecule has 1 aromatic rings. The molecular formula is C20H24O10. The van der Waals surface area contributed by atoms with Gasteiger partial charge in [-0.15, -0.1) is 0 Å². The van der Waals surface area contributed by atoms with E-state index < -0.39 is 61.3 Å². The number of ether oxygens (including phenoxy) is 4. The number of carbonyl (C=O) groups is 2. The van der Waals surface area contributed by atoms with Crippen LogP contribution in [0.25, 0.3) is 6.08 Å². The summed E-state index contributed by atoms with van der Waals surface area (Å²) >= 11 is 0. The number of hydrogen-bond acceptors (Lipinski definition) is 10. The molecule has 164 valence electrons. The lowest BCUT2D eigenvalue weighted by molar-refractivity contribution is -0.313. The van der Waals surface area contributed by atoms with Gasteiger partial charge >= 0.3 is 11.9 Å². The van der Waals surface area contributed by atoms with Crippen LogP contribution in [0.2, 0.25) is 0 Å². The van der Waals surface area contributed by atoms with Crippen LogP contribution >= 0.6 is 0 Å². The third-order valence-corrected chi connectivity index (χ3v) is 4.99. The fraction of sp³-hybridized carbons (Fsp3) is 0.500. The van der Waals surface area contributed by atoms with Crippen molar-refractivity contribution in [3.8, 4) is 5.75 Å². The van der Waals surface area contributed by atoms with Crippen molar-refractivity contribution in [2.75, 3.05) is 13.2 Å². The Balaban J connectivity index is 1.55. The van der Waals surface area contributed by atoms with Crippen molar-refractivity contribution >= 4 is 18.0 Å². The van der Waals surface area contributed by atoms with Crippen LogP contribution in [0.4, 0.5) is 0 Å². The molecule has 1 aromatic carbocycles. The minimum atomic E-state index is -1.60. The number of cyclic esters (lactones) is 1. The number of aliphatic hydroxyl groups excluding tert-OH is 3. The predicted octanol–water partition coefficient (Wildman–Crippen LogP) is -0.666. The van der Waals surface area contributed by atoms with Gasteiger partial charge in [0.1, 0.15) is 49.5 Å². The van der Waals surface area contributed by atoms with Gasteiger partial charge in [0, 0.05) is 6.08 Å². The van der Waals surface area contributed by atoms with E-state index in [2.05, 4.69) is 0 Å². The Hall–Kier alpha value is -2.50. The average molecular weight is 424 g/mol. The van der Waals surface area contributed by atoms with E-state index in [1.807, 2.05) is 0 Å². The lowest BCUT2D eigenvalue weighted by Gasteiger charge is -2.40. The van der Waals surface area contributed by atoms with Gasteiger partial charge in [0.15, 0.2) is 6.29 Å². The Kier molecular flexibility index (Phi) is 7.06. The summed E-state index contributed by atoms with van der Waals surface area (Å²) in [6, 6.07) is 6.14. The third kappa shape index (κ3) is 5.15. The smallest absolute Gasteiger partial charge is 0.330 e. The maximum atomic E-state index is 11.9. The molecule has 2 fully saturated rings. The molecule has 2 aliphatic rings. The number of rotatable bonds is 6. The fourth-order valence-corrected chi connectivity index (χ4v) is 3.05. The summed E-state index contributed by atoms with van der Waals surface area (Å²) in [5.74, 6) is -1.65. The standard InChI is InChI=1S/C20H24O10/c1-10-13(8-28-19(10)26)29-20-18(25)17(24)16(23)14(30-20)9-27-15(22)7-4-11-2-5-12(21)6-3-11/h2-7,10,13-14,16-18,20-21,23-25H,8-9H2,1H3. The first kappa shape index (κ1) is 22.2. The molecule has 30 heavy (non-hydrogen) atoms. The quantitative estimate of drug-likeness (QED) is 0.342. The van der Waals surface area contributed by atoms with E-state index in [1.54, 1.807) is 19.1 Å². The summed E-state index contributed by atoms with van der Waals surface area (Å²) in [6.45, 7) is 1.17. The first-order valence-electron chi connectivity index (χ1n) is 9.42. The third-order valence-electron chi connectivity index (χ3n) is 4.99. The zero-order valence-corrected chi connectivity index (χ0v) is 16.2. The highest BCUT2D eigenvalue weighted by atomic mass is 16.7. The summed E-state index contributed by atoms with van der Waals surface area (Å²) in [4.78, 5) is 23.4. The summed E-state index contributed by atoms with van der Waals surface area (Å²) in [5, 5.41) is 39.6. The van der Waals surface area contributed by atoms with Crippen molar-refractivity contribution in [2.24, 2.45) is 5.92 Å². The van der Waals surface area contributed by atoms with Crippen LogP contribution in [0.3, 0.4) is 0 Å². The molecule has 0 aromatic heterocycles. The number of phenols is 1. The van der Waals surface area contributed by atoms with Gasteiger partial charge in [0.2, 0.25) is 0 Å². The van der Waals surface area contributed by atoms with E-state index in [1.165, 1.54) is 18.2 Å². The van der Waals surface area contributed by atoms with Gasteiger partial charge in [-0.05, 0) is 30.7 Å². The van der Waals surface area contributed by atoms with Crippen LogP contribution in [0, 0.1) is 5.92 Å². The van der Waals surface area contributed by atoms with Crippen molar-refractivity contribution in [2.45, 2.75) is 43.7 Å². The second-order valence-corrected chi connectivity index (χ2v) is 7.16. The van der Waals surface area contributed by atoms with E-state index in [9.17, 15) is 30.0 Å². The van der Waals surface area contributed by atoms with Gasteiger partial charge < -0.3 is 39.4 Å². The van der Waals surface area contributed by atoms with Gasteiger partial charge in [0.05, 0.1) is 5.92 Å². The highest BCUT2D eigenvalue weighted by molar-refractivity contribution is 5.87. The Bertz CT molecular complexity index is 776. The van der Waals surface area contributed by atoms with E-state index in [0.717, 1.165) is 6.08 Å². The van der Waals surface area contributed by atoms with Crippen LogP contribution in [-0.4, -0.2) is 82.4 Å². The Morgan fingerprint density at radius 2 is 1.87 bits per heavy atom. The predicted molar refractivity (Wildman–Crippen MR) is 99.8 cm³/mol. The molecule has 0 aliphatic carbocycles. The lowest BCUT2D eigenvalue weighted by atomic mass is 9.99. The van der Waals surface area contributed by atoms with Crippen LogP contribution in [0.5, 0.6) is 5.75 Å². The van der Waals surface area contributed by atoms with Gasteiger partial charge in [-0.3, -0.25) is 4.79 Å². The largest absolute Gasteiger partial charge is 0.508 e. The molecule has 0 spiro atoms. The molecule has 2 aliphatic heterocycles. The second-order valence-electron chi connectivity index (χ2n) is 7.16. The summed E-state index contributed by atoms with van der Waals surface area (Å²) in [7, 11) is 0. The average Bonchev–Trinajstić information content (AvgIpc) is 3.05. The molecule has 0 bridgehead atoms. The van der Waals surface area contributed by atoms with Crippen molar-refractivity contribution < 1.29 is 49.0 Å². The molecule has 7 unspecified atom stereocenters. The topological polar surface area (TPSA) is 152 Å². The number of phenolic OH excluding ortho intramolecular Hbond substituents is 1. The number of esters is 2. The number of hydrogen-bond donors (Lipinski definition) is 4. The van der Waals surface area contributed by atoms with E-state index in [4.69, 9.17) is 18.9 Å². The molecule has 4 N–H and O–H groups in total. The van der Waals surface area contributed by atoms with Gasteiger partial charge in [0.25, 0.3) is 0 Å². The maximum absolute atomic E-state index is 11.9. The molecule has 10 heteroatoms. The molecule has 3 rings (SSSR count). The Morgan fingerprint density at radius 1 is 1.17 bits per heavy atom. The van der Waals surface area contributed by atoms with E-state index >= 15 is 0 Å². The van der Waals surface area contributed by atoms with Crippen LogP contribution in [0.1, 0.15) is 12.5 Å². The SMILES string of the molecule is CC1C(=O)OCC1OC1OC(COC(=O)C=Cc2ccc(O)cc2)C(O)C(O)C1O. The van der Waals surface area contributed by atoms with Crippen molar-refractivity contribution in [1.29, 1.82) is 0 Å². The van der Waals surface area contributed by atoms with E-state index in [-0.39, 0.29) is 12.4 Å². The first-order chi connectivity index (χ1) is 14.3. The fourth-order valence-electron chi connectivity index (χ4n) is 3.05. The highest BCUT2D eigenvalue weighted by Gasteiger charge is 2.47. The van der Waals surface area contributed by atoms with E-state index in [0.29, 0.717) is 5.56 Å². The monoisotopic (exact) mass is 424 g/mol. The summed E-state index contributed by atoms with van der Waals surface area (Å²) in [6.07, 6.45) is -5.25. The van der Waals surface area contributed by atoms with Crippen molar-refractivity contribution in [1.82, 2.24) is 0 Å². The molecule has 2 heterocycles. The lowest BCUT2D eigenvalue weighted by Crippen LogP contribution is -2.60.